The Morgan fingerprint density at radius 3 is 2.52 bits per heavy atom. The van der Waals surface area contributed by atoms with Crippen molar-refractivity contribution in [1.29, 1.82) is 0 Å². The van der Waals surface area contributed by atoms with Gasteiger partial charge in [-0.15, -0.1) is 0 Å². The maximum Gasteiger partial charge on any atom is 0.271 e. The molecule has 7 nitrogen and oxygen atoms in total. The molecule has 0 unspecified atom stereocenters. The Morgan fingerprint density at radius 1 is 1.06 bits per heavy atom. The molecule has 1 aliphatic rings. The van der Waals surface area contributed by atoms with Gasteiger partial charge in [-0.1, -0.05) is 30.3 Å². The third-order valence-corrected chi connectivity index (χ3v) is 5.71. The summed E-state index contributed by atoms with van der Waals surface area (Å²) < 4.78 is 7.33. The molecule has 7 heteroatoms. The highest BCUT2D eigenvalue weighted by molar-refractivity contribution is 5.96. The Bertz CT molecular complexity index is 1120. The molecule has 0 bridgehead atoms. The minimum absolute atomic E-state index is 0.0124. The summed E-state index contributed by atoms with van der Waals surface area (Å²) in [6, 6.07) is 15.3. The lowest BCUT2D eigenvalue weighted by Gasteiger charge is -2.21. The summed E-state index contributed by atoms with van der Waals surface area (Å²) in [7, 11) is 3.22. The topological polar surface area (TPSA) is 76.5 Å². The van der Waals surface area contributed by atoms with Gasteiger partial charge in [0.05, 0.1) is 12.8 Å². The van der Waals surface area contributed by atoms with Crippen LogP contribution in [-0.2, 0) is 13.0 Å². The lowest BCUT2D eigenvalue weighted by molar-refractivity contribution is 0.0758. The minimum Gasteiger partial charge on any atom is -0.497 e. The van der Waals surface area contributed by atoms with Gasteiger partial charge >= 0.3 is 0 Å². The number of rotatable bonds is 4. The Kier molecular flexibility index (Phi) is 5.75. The first-order valence-electron chi connectivity index (χ1n) is 10.3. The molecule has 160 valence electrons. The summed E-state index contributed by atoms with van der Waals surface area (Å²) in [6.07, 6.45) is 0.559. The zero-order valence-electron chi connectivity index (χ0n) is 18.0. The highest BCUT2D eigenvalue weighted by atomic mass is 16.5. The third kappa shape index (κ3) is 3.91. The van der Waals surface area contributed by atoms with Gasteiger partial charge in [0.1, 0.15) is 17.3 Å². The Labute approximate surface area is 181 Å². The fraction of sp³-hybridized carbons (Fsp3) is 0.292. The zero-order chi connectivity index (χ0) is 22.0. The zero-order valence-corrected chi connectivity index (χ0v) is 18.0. The van der Waals surface area contributed by atoms with E-state index in [1.54, 1.807) is 14.2 Å². The molecule has 1 N–H and O–H groups in total. The van der Waals surface area contributed by atoms with Gasteiger partial charge in [-0.2, -0.15) is 0 Å². The third-order valence-electron chi connectivity index (χ3n) is 5.71. The van der Waals surface area contributed by atoms with Gasteiger partial charge in [-0.3, -0.25) is 9.59 Å². The molecular weight excluding hydrogens is 392 g/mol. The molecule has 2 amide bonds. The van der Waals surface area contributed by atoms with E-state index in [9.17, 15) is 9.59 Å². The highest BCUT2D eigenvalue weighted by Crippen LogP contribution is 2.26. The number of imidazole rings is 1. The van der Waals surface area contributed by atoms with E-state index < -0.39 is 0 Å². The number of hydrogen-bond donors (Lipinski definition) is 1. The minimum atomic E-state index is -0.211. The van der Waals surface area contributed by atoms with Crippen molar-refractivity contribution >= 4 is 11.8 Å². The molecule has 31 heavy (non-hydrogen) atoms. The quantitative estimate of drug-likeness (QED) is 0.707. The summed E-state index contributed by atoms with van der Waals surface area (Å²) >= 11 is 0. The van der Waals surface area contributed by atoms with Gasteiger partial charge in [0.2, 0.25) is 0 Å². The molecule has 1 aromatic heterocycles. The van der Waals surface area contributed by atoms with Crippen molar-refractivity contribution in [3.8, 4) is 17.1 Å². The highest BCUT2D eigenvalue weighted by Gasteiger charge is 2.28. The molecule has 1 aliphatic heterocycles. The second-order valence-electron chi connectivity index (χ2n) is 7.55. The number of hydrogen-bond acceptors (Lipinski definition) is 4. The number of nitrogens with zero attached hydrogens (tertiary/aromatic N) is 3. The van der Waals surface area contributed by atoms with Crippen LogP contribution in [0, 0.1) is 6.92 Å². The Hall–Kier alpha value is -3.61. The lowest BCUT2D eigenvalue weighted by Crippen LogP contribution is -2.34. The smallest absolute Gasteiger partial charge is 0.271 e. The molecule has 0 radical (unpaired) electrons. The number of amides is 2. The molecule has 4 rings (SSSR count). The molecular formula is C24H26N4O3. The van der Waals surface area contributed by atoms with Crippen LogP contribution in [-0.4, -0.2) is 53.5 Å². The molecule has 0 saturated heterocycles. The van der Waals surface area contributed by atoms with Crippen molar-refractivity contribution in [2.75, 3.05) is 27.2 Å². The second kappa shape index (κ2) is 8.63. The molecule has 0 fully saturated rings. The second-order valence-corrected chi connectivity index (χ2v) is 7.55. The number of aromatic nitrogens is 2. The number of fused-ring (bicyclic) bond motifs is 1. The maximum atomic E-state index is 13.3. The van der Waals surface area contributed by atoms with Crippen LogP contribution in [0.2, 0.25) is 0 Å². The largest absolute Gasteiger partial charge is 0.497 e. The van der Waals surface area contributed by atoms with E-state index in [1.807, 2.05) is 60.4 Å². The maximum absolute atomic E-state index is 13.3. The number of carbonyl (C=O) groups excluding carboxylic acids is 2. The summed E-state index contributed by atoms with van der Waals surface area (Å²) in [5.41, 5.74) is 3.78. The predicted molar refractivity (Wildman–Crippen MR) is 118 cm³/mol. The van der Waals surface area contributed by atoms with E-state index in [0.29, 0.717) is 37.3 Å². The van der Waals surface area contributed by atoms with Crippen molar-refractivity contribution in [2.45, 2.75) is 19.9 Å². The van der Waals surface area contributed by atoms with Crippen LogP contribution in [0.4, 0.5) is 0 Å². The number of benzene rings is 2. The van der Waals surface area contributed by atoms with E-state index in [0.717, 1.165) is 28.4 Å². The van der Waals surface area contributed by atoms with E-state index in [1.165, 1.54) is 0 Å². The Morgan fingerprint density at radius 2 is 1.84 bits per heavy atom. The number of carbonyl (C=O) groups is 2. The molecule has 0 saturated carbocycles. The molecule has 2 aromatic carbocycles. The van der Waals surface area contributed by atoms with E-state index >= 15 is 0 Å². The van der Waals surface area contributed by atoms with Crippen molar-refractivity contribution in [1.82, 2.24) is 19.8 Å². The molecule has 0 spiro atoms. The van der Waals surface area contributed by atoms with Gasteiger partial charge in [-0.25, -0.2) is 4.98 Å². The predicted octanol–water partition coefficient (Wildman–Crippen LogP) is 2.93. The fourth-order valence-corrected chi connectivity index (χ4v) is 4.04. The van der Waals surface area contributed by atoms with Crippen molar-refractivity contribution in [3.63, 3.8) is 0 Å². The SMILES string of the molecule is CNC(=O)c1nc(-c2ccccc2)n2c1CCN(C(=O)c1ccc(OC)cc1C)CC2. The van der Waals surface area contributed by atoms with E-state index in [-0.39, 0.29) is 11.8 Å². The van der Waals surface area contributed by atoms with Gasteiger partial charge in [-0.05, 0) is 30.7 Å². The van der Waals surface area contributed by atoms with Crippen molar-refractivity contribution < 1.29 is 14.3 Å². The molecule has 0 aliphatic carbocycles. The van der Waals surface area contributed by atoms with Gasteiger partial charge in [0.15, 0.2) is 0 Å². The van der Waals surface area contributed by atoms with Gasteiger partial charge in [0.25, 0.3) is 11.8 Å². The summed E-state index contributed by atoms with van der Waals surface area (Å²) in [5, 5.41) is 2.69. The number of methoxy groups -OCH3 is 1. The summed E-state index contributed by atoms with van der Waals surface area (Å²) in [6.45, 7) is 3.55. The lowest BCUT2D eigenvalue weighted by atomic mass is 10.1. The number of ether oxygens (including phenoxy) is 1. The van der Waals surface area contributed by atoms with E-state index in [2.05, 4.69) is 14.9 Å². The summed E-state index contributed by atoms with van der Waals surface area (Å²) in [4.78, 5) is 32.3. The molecule has 0 atom stereocenters. The normalized spacial score (nSPS) is 13.3. The van der Waals surface area contributed by atoms with Crippen LogP contribution >= 0.6 is 0 Å². The first kappa shape index (κ1) is 20.7. The average molecular weight is 418 g/mol. The number of aryl methyl sites for hydroxylation is 1. The van der Waals surface area contributed by atoms with Crippen LogP contribution in [0.25, 0.3) is 11.4 Å². The average Bonchev–Trinajstić information content (AvgIpc) is 3.02. The summed E-state index contributed by atoms with van der Waals surface area (Å²) in [5.74, 6) is 1.26. The Balaban J connectivity index is 1.66. The van der Waals surface area contributed by atoms with Crippen LogP contribution in [0.1, 0.15) is 32.1 Å². The van der Waals surface area contributed by atoms with Gasteiger partial charge < -0.3 is 19.5 Å². The van der Waals surface area contributed by atoms with Crippen molar-refractivity contribution in [2.24, 2.45) is 0 Å². The van der Waals surface area contributed by atoms with Crippen LogP contribution in [0.15, 0.2) is 48.5 Å². The van der Waals surface area contributed by atoms with Gasteiger partial charge in [0, 0.05) is 44.2 Å². The van der Waals surface area contributed by atoms with Crippen LogP contribution < -0.4 is 10.1 Å². The fourth-order valence-electron chi connectivity index (χ4n) is 4.04. The number of nitrogens with one attached hydrogen (secondary N) is 1. The van der Waals surface area contributed by atoms with E-state index in [4.69, 9.17) is 4.74 Å². The monoisotopic (exact) mass is 418 g/mol. The first-order chi connectivity index (χ1) is 15.0. The molecule has 2 heterocycles. The first-order valence-corrected chi connectivity index (χ1v) is 10.3. The van der Waals surface area contributed by atoms with Crippen LogP contribution in [0.3, 0.4) is 0 Å². The standard InChI is InChI=1S/C24H26N4O3/c1-16-15-18(31-3)9-10-19(16)24(30)27-12-11-20-21(23(29)25-2)26-22(28(20)14-13-27)17-7-5-4-6-8-17/h4-10,15H,11-14H2,1-3H3,(H,25,29). The molecule has 3 aromatic rings. The van der Waals surface area contributed by atoms with Crippen molar-refractivity contribution in [3.05, 3.63) is 71.0 Å². The van der Waals surface area contributed by atoms with Crippen LogP contribution in [0.5, 0.6) is 5.75 Å².